The van der Waals surface area contributed by atoms with Crippen LogP contribution in [-0.2, 0) is 9.59 Å². The van der Waals surface area contributed by atoms with Crippen molar-refractivity contribution >= 4 is 45.8 Å². The number of nitrogens with one attached hydrogen (secondary N) is 1. The quantitative estimate of drug-likeness (QED) is 0.714. The van der Waals surface area contributed by atoms with Crippen LogP contribution in [0.15, 0.2) is 54.6 Å². The molecule has 0 aromatic heterocycles. The van der Waals surface area contributed by atoms with Crippen LogP contribution in [-0.4, -0.2) is 18.9 Å². The number of carbonyl (C=O) groups excluding carboxylic acids is 2. The van der Waals surface area contributed by atoms with Crippen molar-refractivity contribution in [2.24, 2.45) is 0 Å². The smallest absolute Gasteiger partial charge is 0.226 e. The van der Waals surface area contributed by atoms with Gasteiger partial charge >= 0.3 is 0 Å². The molecule has 0 heterocycles. The Hall–Kier alpha value is -1.89. The van der Waals surface area contributed by atoms with Gasteiger partial charge in [0.1, 0.15) is 0 Å². The van der Waals surface area contributed by atoms with Gasteiger partial charge in [-0.05, 0) is 65.4 Å². The molecular weight excluding hydrogens is 403 g/mol. The fourth-order valence-electron chi connectivity index (χ4n) is 2.12. The van der Waals surface area contributed by atoms with E-state index in [0.717, 1.165) is 14.9 Å². The van der Waals surface area contributed by atoms with E-state index in [-0.39, 0.29) is 11.8 Å². The number of carbonyl (C=O) groups is 2. The van der Waals surface area contributed by atoms with Crippen molar-refractivity contribution in [3.05, 3.63) is 58.2 Å². The summed E-state index contributed by atoms with van der Waals surface area (Å²) in [5, 5.41) is 2.84. The van der Waals surface area contributed by atoms with Crippen LogP contribution < -0.4 is 10.2 Å². The zero-order valence-corrected chi connectivity index (χ0v) is 15.1. The molecule has 0 bridgehead atoms. The molecule has 23 heavy (non-hydrogen) atoms. The molecule has 0 saturated heterocycles. The first-order valence-electron chi connectivity index (χ1n) is 7.43. The average molecular weight is 422 g/mol. The van der Waals surface area contributed by atoms with Gasteiger partial charge in [-0.3, -0.25) is 9.59 Å². The van der Waals surface area contributed by atoms with E-state index in [2.05, 4.69) is 27.9 Å². The predicted molar refractivity (Wildman–Crippen MR) is 101 cm³/mol. The van der Waals surface area contributed by atoms with E-state index in [4.69, 9.17) is 0 Å². The molecule has 0 aliphatic rings. The third kappa shape index (κ3) is 5.67. The highest BCUT2D eigenvalue weighted by atomic mass is 127. The zero-order chi connectivity index (χ0) is 16.7. The van der Waals surface area contributed by atoms with Crippen molar-refractivity contribution in [2.45, 2.75) is 19.3 Å². The largest absolute Gasteiger partial charge is 0.326 e. The van der Waals surface area contributed by atoms with E-state index in [1.165, 1.54) is 0 Å². The van der Waals surface area contributed by atoms with Gasteiger partial charge in [-0.25, -0.2) is 0 Å². The second kappa shape index (κ2) is 8.67. The molecule has 2 aromatic rings. The first-order chi connectivity index (χ1) is 11.1. The summed E-state index contributed by atoms with van der Waals surface area (Å²) in [6, 6.07) is 17.1. The molecule has 0 aliphatic carbocycles. The Morgan fingerprint density at radius 3 is 2.30 bits per heavy atom. The van der Waals surface area contributed by atoms with Gasteiger partial charge in [-0.15, -0.1) is 0 Å². The number of para-hydroxylation sites is 1. The maximum Gasteiger partial charge on any atom is 0.226 e. The van der Waals surface area contributed by atoms with Crippen molar-refractivity contribution in [3.63, 3.8) is 0 Å². The van der Waals surface area contributed by atoms with E-state index in [0.29, 0.717) is 19.3 Å². The van der Waals surface area contributed by atoms with Gasteiger partial charge in [-0.1, -0.05) is 18.2 Å². The van der Waals surface area contributed by atoms with Gasteiger partial charge in [0.2, 0.25) is 11.8 Å². The molecular formula is C18H19IN2O2. The third-order valence-electron chi connectivity index (χ3n) is 3.44. The van der Waals surface area contributed by atoms with Gasteiger partial charge in [0.05, 0.1) is 0 Å². The summed E-state index contributed by atoms with van der Waals surface area (Å²) in [6.45, 7) is 0. The number of nitrogens with zero attached hydrogens (tertiary/aromatic N) is 1. The molecule has 2 aromatic carbocycles. The van der Waals surface area contributed by atoms with Crippen LogP contribution in [0.25, 0.3) is 0 Å². The Bertz CT molecular complexity index is 656. The third-order valence-corrected chi connectivity index (χ3v) is 4.16. The summed E-state index contributed by atoms with van der Waals surface area (Å²) >= 11 is 2.22. The SMILES string of the molecule is CN(C(=O)CCCC(=O)Nc1ccc(I)cc1)c1ccccc1. The molecule has 0 saturated carbocycles. The van der Waals surface area contributed by atoms with Gasteiger partial charge in [0.25, 0.3) is 0 Å². The van der Waals surface area contributed by atoms with Gasteiger partial charge in [-0.2, -0.15) is 0 Å². The fraction of sp³-hybridized carbons (Fsp3) is 0.222. The minimum absolute atomic E-state index is 0.0123. The molecule has 2 amide bonds. The number of amides is 2. The van der Waals surface area contributed by atoms with Crippen molar-refractivity contribution in [1.29, 1.82) is 0 Å². The fourth-order valence-corrected chi connectivity index (χ4v) is 2.48. The highest BCUT2D eigenvalue weighted by Crippen LogP contribution is 2.14. The van der Waals surface area contributed by atoms with E-state index < -0.39 is 0 Å². The van der Waals surface area contributed by atoms with Gasteiger partial charge < -0.3 is 10.2 Å². The maximum atomic E-state index is 12.1. The van der Waals surface area contributed by atoms with Crippen LogP contribution in [0.1, 0.15) is 19.3 Å². The summed E-state index contributed by atoms with van der Waals surface area (Å²) in [6.07, 6.45) is 1.22. The maximum absolute atomic E-state index is 12.1. The van der Waals surface area contributed by atoms with Crippen LogP contribution in [0.2, 0.25) is 0 Å². The van der Waals surface area contributed by atoms with Crippen molar-refractivity contribution in [2.75, 3.05) is 17.3 Å². The molecule has 1 N–H and O–H groups in total. The molecule has 0 fully saturated rings. The zero-order valence-electron chi connectivity index (χ0n) is 13.0. The Morgan fingerprint density at radius 1 is 1.00 bits per heavy atom. The number of benzene rings is 2. The predicted octanol–water partition coefficient (Wildman–Crippen LogP) is 4.06. The minimum atomic E-state index is -0.0682. The highest BCUT2D eigenvalue weighted by molar-refractivity contribution is 14.1. The molecule has 0 atom stereocenters. The lowest BCUT2D eigenvalue weighted by Crippen LogP contribution is -2.26. The molecule has 0 aliphatic heterocycles. The Balaban J connectivity index is 1.74. The van der Waals surface area contributed by atoms with Gasteiger partial charge in [0, 0.05) is 34.8 Å². The normalized spacial score (nSPS) is 10.2. The second-order valence-corrected chi connectivity index (χ2v) is 6.44. The van der Waals surface area contributed by atoms with Crippen molar-refractivity contribution in [3.8, 4) is 0 Å². The number of rotatable bonds is 6. The molecule has 4 nitrogen and oxygen atoms in total. The molecule has 120 valence electrons. The standard InChI is InChI=1S/C18H19IN2O2/c1-21(16-6-3-2-4-7-16)18(23)9-5-8-17(22)20-15-12-10-14(19)11-13-15/h2-4,6-7,10-13H,5,8-9H2,1H3,(H,20,22). The molecule has 5 heteroatoms. The summed E-state index contributed by atoms with van der Waals surface area (Å²) in [7, 11) is 1.75. The second-order valence-electron chi connectivity index (χ2n) is 5.20. The monoisotopic (exact) mass is 422 g/mol. The molecule has 0 radical (unpaired) electrons. The summed E-state index contributed by atoms with van der Waals surface area (Å²) < 4.78 is 1.12. The summed E-state index contributed by atoms with van der Waals surface area (Å²) in [5.41, 5.74) is 1.64. The average Bonchev–Trinajstić information content (AvgIpc) is 2.57. The molecule has 0 spiro atoms. The molecule has 2 rings (SSSR count). The van der Waals surface area contributed by atoms with E-state index in [1.807, 2.05) is 54.6 Å². The Labute approximate surface area is 150 Å². The van der Waals surface area contributed by atoms with Crippen molar-refractivity contribution in [1.82, 2.24) is 0 Å². The van der Waals surface area contributed by atoms with Crippen LogP contribution in [0.3, 0.4) is 0 Å². The summed E-state index contributed by atoms with van der Waals surface area (Å²) in [4.78, 5) is 25.6. The lowest BCUT2D eigenvalue weighted by molar-refractivity contribution is -0.118. The van der Waals surface area contributed by atoms with E-state index in [1.54, 1.807) is 11.9 Å². The number of halogens is 1. The van der Waals surface area contributed by atoms with Crippen LogP contribution in [0.4, 0.5) is 11.4 Å². The van der Waals surface area contributed by atoms with Crippen LogP contribution >= 0.6 is 22.6 Å². The van der Waals surface area contributed by atoms with Gasteiger partial charge in [0.15, 0.2) is 0 Å². The number of hydrogen-bond donors (Lipinski definition) is 1. The number of anilines is 2. The highest BCUT2D eigenvalue weighted by Gasteiger charge is 2.11. The number of hydrogen-bond acceptors (Lipinski definition) is 2. The van der Waals surface area contributed by atoms with Crippen molar-refractivity contribution < 1.29 is 9.59 Å². The van der Waals surface area contributed by atoms with E-state index in [9.17, 15) is 9.59 Å². The molecule has 0 unspecified atom stereocenters. The lowest BCUT2D eigenvalue weighted by Gasteiger charge is -2.17. The Kier molecular flexibility index (Phi) is 6.58. The van der Waals surface area contributed by atoms with E-state index >= 15 is 0 Å². The minimum Gasteiger partial charge on any atom is -0.326 e. The van der Waals surface area contributed by atoms with Crippen LogP contribution in [0, 0.1) is 3.57 Å². The lowest BCUT2D eigenvalue weighted by atomic mass is 10.2. The first-order valence-corrected chi connectivity index (χ1v) is 8.51. The summed E-state index contributed by atoms with van der Waals surface area (Å²) in [5.74, 6) is -0.0559. The Morgan fingerprint density at radius 2 is 1.65 bits per heavy atom. The topological polar surface area (TPSA) is 49.4 Å². The first kappa shape index (κ1) is 17.5. The van der Waals surface area contributed by atoms with Crippen LogP contribution in [0.5, 0.6) is 0 Å².